The van der Waals surface area contributed by atoms with Crippen molar-refractivity contribution in [1.29, 1.82) is 0 Å². The van der Waals surface area contributed by atoms with Crippen LogP contribution in [0.15, 0.2) is 30.3 Å². The summed E-state index contributed by atoms with van der Waals surface area (Å²) in [4.78, 5) is 2.72. The lowest BCUT2D eigenvalue weighted by Gasteiger charge is -2.37. The fraction of sp³-hybridized carbons (Fsp3) is 0.684. The Bertz CT molecular complexity index is 407. The van der Waals surface area contributed by atoms with Crippen molar-refractivity contribution >= 4 is 0 Å². The lowest BCUT2D eigenvalue weighted by Crippen LogP contribution is -2.45. The third kappa shape index (κ3) is 5.12. The van der Waals surface area contributed by atoms with E-state index < -0.39 is 0 Å². The van der Waals surface area contributed by atoms with E-state index in [2.05, 4.69) is 68.2 Å². The van der Waals surface area contributed by atoms with Gasteiger partial charge in [-0.3, -0.25) is 4.90 Å². The molecule has 1 aliphatic heterocycles. The van der Waals surface area contributed by atoms with Gasteiger partial charge in [0.1, 0.15) is 0 Å². The maximum atomic E-state index is 3.72. The highest BCUT2D eigenvalue weighted by atomic mass is 15.2. The van der Waals surface area contributed by atoms with Gasteiger partial charge in [-0.05, 0) is 52.6 Å². The molecule has 2 unspecified atom stereocenters. The Morgan fingerprint density at radius 2 is 1.86 bits per heavy atom. The first-order valence-corrected chi connectivity index (χ1v) is 8.53. The van der Waals surface area contributed by atoms with E-state index in [0.717, 1.165) is 6.54 Å². The largest absolute Gasteiger partial charge is 0.310 e. The van der Waals surface area contributed by atoms with Crippen LogP contribution >= 0.6 is 0 Å². The minimum atomic E-state index is 0.169. The molecule has 1 fully saturated rings. The molecule has 2 rings (SSSR count). The molecule has 0 aliphatic carbocycles. The molecule has 2 heteroatoms. The number of hydrogen-bond donors (Lipinski definition) is 1. The standard InChI is InChI=1S/C19H32N2/c1-16-11-7-6-10-14-21(16)18(15-20-19(2,3)4)17-12-8-5-9-13-17/h5,8-9,12-13,16,18,20H,6-7,10-11,14-15H2,1-4H3. The second-order valence-corrected chi connectivity index (χ2v) is 7.49. The Hall–Kier alpha value is -0.860. The van der Waals surface area contributed by atoms with Gasteiger partial charge in [-0.2, -0.15) is 0 Å². The van der Waals surface area contributed by atoms with Crippen LogP contribution in [-0.4, -0.2) is 29.6 Å². The van der Waals surface area contributed by atoms with Crippen LogP contribution in [0.2, 0.25) is 0 Å². The number of hydrogen-bond acceptors (Lipinski definition) is 2. The fourth-order valence-corrected chi connectivity index (χ4v) is 3.26. The van der Waals surface area contributed by atoms with Crippen LogP contribution in [-0.2, 0) is 0 Å². The minimum absolute atomic E-state index is 0.169. The Morgan fingerprint density at radius 3 is 2.52 bits per heavy atom. The maximum absolute atomic E-state index is 3.72. The number of benzene rings is 1. The van der Waals surface area contributed by atoms with Crippen LogP contribution in [0.4, 0.5) is 0 Å². The van der Waals surface area contributed by atoms with Gasteiger partial charge in [0.05, 0.1) is 0 Å². The first-order valence-electron chi connectivity index (χ1n) is 8.53. The molecular formula is C19H32N2. The van der Waals surface area contributed by atoms with Gasteiger partial charge in [0.25, 0.3) is 0 Å². The van der Waals surface area contributed by atoms with Gasteiger partial charge in [-0.1, -0.05) is 43.2 Å². The van der Waals surface area contributed by atoms with E-state index in [-0.39, 0.29) is 5.54 Å². The molecule has 1 saturated heterocycles. The zero-order valence-corrected chi connectivity index (χ0v) is 14.2. The second-order valence-electron chi connectivity index (χ2n) is 7.49. The number of rotatable bonds is 4. The Balaban J connectivity index is 2.18. The summed E-state index contributed by atoms with van der Waals surface area (Å²) in [6.07, 6.45) is 5.43. The summed E-state index contributed by atoms with van der Waals surface area (Å²) in [6.45, 7) is 11.4. The third-order valence-electron chi connectivity index (χ3n) is 4.51. The molecular weight excluding hydrogens is 256 g/mol. The van der Waals surface area contributed by atoms with Crippen LogP contribution in [0.3, 0.4) is 0 Å². The molecule has 2 atom stereocenters. The van der Waals surface area contributed by atoms with E-state index >= 15 is 0 Å². The van der Waals surface area contributed by atoms with Gasteiger partial charge in [0.2, 0.25) is 0 Å². The van der Waals surface area contributed by atoms with E-state index in [1.165, 1.54) is 37.8 Å². The average Bonchev–Trinajstić information content (AvgIpc) is 2.65. The van der Waals surface area contributed by atoms with E-state index in [0.29, 0.717) is 12.1 Å². The van der Waals surface area contributed by atoms with Crippen molar-refractivity contribution in [3.63, 3.8) is 0 Å². The topological polar surface area (TPSA) is 15.3 Å². The van der Waals surface area contributed by atoms with Crippen molar-refractivity contribution in [2.75, 3.05) is 13.1 Å². The Labute approximate surface area is 130 Å². The predicted octanol–water partition coefficient (Wildman–Crippen LogP) is 4.38. The number of nitrogens with zero attached hydrogens (tertiary/aromatic N) is 1. The van der Waals surface area contributed by atoms with Crippen LogP contribution in [0.25, 0.3) is 0 Å². The summed E-state index contributed by atoms with van der Waals surface area (Å²) in [6, 6.07) is 12.2. The van der Waals surface area contributed by atoms with Crippen molar-refractivity contribution in [1.82, 2.24) is 10.2 Å². The monoisotopic (exact) mass is 288 g/mol. The summed E-state index contributed by atoms with van der Waals surface area (Å²) < 4.78 is 0. The van der Waals surface area contributed by atoms with Crippen LogP contribution in [0, 0.1) is 0 Å². The molecule has 2 nitrogen and oxygen atoms in total. The quantitative estimate of drug-likeness (QED) is 0.884. The van der Waals surface area contributed by atoms with E-state index in [9.17, 15) is 0 Å². The first-order chi connectivity index (χ1) is 9.97. The Morgan fingerprint density at radius 1 is 1.14 bits per heavy atom. The molecule has 0 saturated carbocycles. The van der Waals surface area contributed by atoms with Crippen molar-refractivity contribution in [2.24, 2.45) is 0 Å². The number of likely N-dealkylation sites (tertiary alicyclic amines) is 1. The SMILES string of the molecule is CC1CCCCCN1C(CNC(C)(C)C)c1ccccc1. The second kappa shape index (κ2) is 7.42. The molecule has 0 radical (unpaired) electrons. The molecule has 1 aromatic carbocycles. The molecule has 21 heavy (non-hydrogen) atoms. The van der Waals surface area contributed by atoms with Gasteiger partial charge in [-0.15, -0.1) is 0 Å². The normalized spacial score (nSPS) is 22.8. The highest BCUT2D eigenvalue weighted by Gasteiger charge is 2.27. The summed E-state index contributed by atoms with van der Waals surface area (Å²) in [5, 5.41) is 3.72. The molecule has 0 spiro atoms. The lowest BCUT2D eigenvalue weighted by molar-refractivity contribution is 0.137. The molecule has 1 aromatic rings. The smallest absolute Gasteiger partial charge is 0.0475 e. The lowest BCUT2D eigenvalue weighted by atomic mass is 10.0. The third-order valence-corrected chi connectivity index (χ3v) is 4.51. The zero-order valence-electron chi connectivity index (χ0n) is 14.2. The van der Waals surface area contributed by atoms with E-state index in [1.54, 1.807) is 0 Å². The van der Waals surface area contributed by atoms with E-state index in [1.807, 2.05) is 0 Å². The van der Waals surface area contributed by atoms with Gasteiger partial charge >= 0.3 is 0 Å². The molecule has 0 amide bonds. The summed E-state index contributed by atoms with van der Waals surface area (Å²) in [7, 11) is 0. The minimum Gasteiger partial charge on any atom is -0.310 e. The molecule has 0 aromatic heterocycles. The fourth-order valence-electron chi connectivity index (χ4n) is 3.26. The summed E-state index contributed by atoms with van der Waals surface area (Å²) >= 11 is 0. The highest BCUT2D eigenvalue weighted by Crippen LogP contribution is 2.28. The van der Waals surface area contributed by atoms with Crippen molar-refractivity contribution in [2.45, 2.75) is 71.0 Å². The predicted molar refractivity (Wildman–Crippen MR) is 91.6 cm³/mol. The summed E-state index contributed by atoms with van der Waals surface area (Å²) in [5.41, 5.74) is 1.62. The van der Waals surface area contributed by atoms with Crippen molar-refractivity contribution < 1.29 is 0 Å². The Kier molecular flexibility index (Phi) is 5.83. The maximum Gasteiger partial charge on any atom is 0.0475 e. The molecule has 1 N–H and O–H groups in total. The highest BCUT2D eigenvalue weighted by molar-refractivity contribution is 5.20. The summed E-state index contributed by atoms with van der Waals surface area (Å²) in [5.74, 6) is 0. The van der Waals surface area contributed by atoms with Gasteiger partial charge < -0.3 is 5.32 Å². The molecule has 0 bridgehead atoms. The number of nitrogens with one attached hydrogen (secondary N) is 1. The molecule has 1 heterocycles. The van der Waals surface area contributed by atoms with Crippen LogP contribution in [0.5, 0.6) is 0 Å². The van der Waals surface area contributed by atoms with Crippen molar-refractivity contribution in [3.8, 4) is 0 Å². The van der Waals surface area contributed by atoms with Gasteiger partial charge in [-0.25, -0.2) is 0 Å². The first kappa shape index (κ1) is 16.5. The van der Waals surface area contributed by atoms with Gasteiger partial charge in [0, 0.05) is 24.2 Å². The molecule has 118 valence electrons. The average molecular weight is 288 g/mol. The van der Waals surface area contributed by atoms with Crippen LogP contribution < -0.4 is 5.32 Å². The van der Waals surface area contributed by atoms with Crippen LogP contribution in [0.1, 0.15) is 65.0 Å². The van der Waals surface area contributed by atoms with Crippen molar-refractivity contribution in [3.05, 3.63) is 35.9 Å². The van der Waals surface area contributed by atoms with Gasteiger partial charge in [0.15, 0.2) is 0 Å². The molecule has 1 aliphatic rings. The van der Waals surface area contributed by atoms with E-state index in [4.69, 9.17) is 0 Å². The zero-order chi connectivity index (χ0) is 15.3.